The number of carboxylic acids is 1. The number of aliphatic hydroxyl groups is 1. The molecule has 1 aromatic rings. The number of rotatable bonds is 4. The Morgan fingerprint density at radius 2 is 1.71 bits per heavy atom. The van der Waals surface area contributed by atoms with E-state index in [4.69, 9.17) is 14.6 Å². The normalized spacial score (nSPS) is 13.1. The Hall–Kier alpha value is -1.17. The second-order valence-electron chi connectivity index (χ2n) is 6.59. The number of aliphatic hydroxyl groups excluding tert-OH is 1. The van der Waals surface area contributed by atoms with Crippen molar-refractivity contribution in [1.82, 2.24) is 0 Å². The van der Waals surface area contributed by atoms with Gasteiger partial charge >= 0.3 is 5.97 Å². The zero-order valence-corrected chi connectivity index (χ0v) is 14.9. The fraction of sp³-hybridized carbons (Fsp3) is 0.562. The monoisotopic (exact) mass is 312 g/mol. The van der Waals surface area contributed by atoms with E-state index in [0.29, 0.717) is 12.2 Å². The van der Waals surface area contributed by atoms with Crippen molar-refractivity contribution in [2.45, 2.75) is 51.9 Å². The Morgan fingerprint density at radius 3 is 2.00 bits per heavy atom. The van der Waals surface area contributed by atoms with Gasteiger partial charge in [0.25, 0.3) is 0 Å². The number of aromatic carboxylic acids is 1. The Balaban J connectivity index is 0.000000394. The van der Waals surface area contributed by atoms with E-state index in [9.17, 15) is 4.79 Å². The predicted molar refractivity (Wildman–Crippen MR) is 88.2 cm³/mol. The van der Waals surface area contributed by atoms with Crippen molar-refractivity contribution in [3.05, 3.63) is 35.9 Å². The molecule has 4 nitrogen and oxygen atoms in total. The number of benzene rings is 1. The summed E-state index contributed by atoms with van der Waals surface area (Å²) >= 11 is 0. The fourth-order valence-electron chi connectivity index (χ4n) is 1.13. The third kappa shape index (κ3) is 7.99. The van der Waals surface area contributed by atoms with Crippen molar-refractivity contribution in [1.29, 1.82) is 0 Å². The summed E-state index contributed by atoms with van der Waals surface area (Å²) in [5, 5.41) is 17.7. The second kappa shape index (κ2) is 8.31. The van der Waals surface area contributed by atoms with Gasteiger partial charge in [0.05, 0.1) is 18.3 Å². The molecule has 21 heavy (non-hydrogen) atoms. The molecular weight excluding hydrogens is 284 g/mol. The van der Waals surface area contributed by atoms with Gasteiger partial charge in [0.15, 0.2) is 8.32 Å². The number of hydrogen-bond acceptors (Lipinski definition) is 3. The zero-order valence-electron chi connectivity index (χ0n) is 13.9. The van der Waals surface area contributed by atoms with Gasteiger partial charge in [-0.3, -0.25) is 0 Å². The molecule has 0 saturated carbocycles. The first-order chi connectivity index (χ1) is 9.47. The van der Waals surface area contributed by atoms with Crippen molar-refractivity contribution in [3.63, 3.8) is 0 Å². The SMILES string of the molecule is CC(O)CO[Si](C)(C)C(C)(C)C.O=C(O)c1ccccc1. The maximum atomic E-state index is 10.2. The van der Waals surface area contributed by atoms with Crippen LogP contribution in [0.2, 0.25) is 18.1 Å². The van der Waals surface area contributed by atoms with Crippen LogP contribution in [-0.2, 0) is 4.43 Å². The molecule has 0 aliphatic carbocycles. The predicted octanol–water partition coefficient (Wildman–Crippen LogP) is 3.77. The molecule has 0 amide bonds. The highest BCUT2D eigenvalue weighted by molar-refractivity contribution is 6.74. The van der Waals surface area contributed by atoms with Crippen LogP contribution in [-0.4, -0.2) is 37.2 Å². The van der Waals surface area contributed by atoms with E-state index < -0.39 is 14.3 Å². The van der Waals surface area contributed by atoms with Crippen LogP contribution in [0.1, 0.15) is 38.1 Å². The summed E-state index contributed by atoms with van der Waals surface area (Å²) in [5.41, 5.74) is 0.331. The van der Waals surface area contributed by atoms with Crippen LogP contribution in [0.4, 0.5) is 0 Å². The van der Waals surface area contributed by atoms with E-state index in [1.165, 1.54) is 0 Å². The Labute approximate surface area is 128 Å². The topological polar surface area (TPSA) is 66.8 Å². The maximum Gasteiger partial charge on any atom is 0.335 e. The quantitative estimate of drug-likeness (QED) is 0.830. The summed E-state index contributed by atoms with van der Waals surface area (Å²) in [6.07, 6.45) is -0.348. The summed E-state index contributed by atoms with van der Waals surface area (Å²) in [7, 11) is -1.63. The first-order valence-electron chi connectivity index (χ1n) is 7.08. The van der Waals surface area contributed by atoms with Gasteiger partial charge in [0.1, 0.15) is 0 Å². The lowest BCUT2D eigenvalue weighted by Crippen LogP contribution is -2.42. The maximum absolute atomic E-state index is 10.2. The summed E-state index contributed by atoms with van der Waals surface area (Å²) in [6.45, 7) is 13.2. The third-order valence-corrected chi connectivity index (χ3v) is 8.01. The Kier molecular flexibility index (Phi) is 7.85. The molecule has 0 saturated heterocycles. The Bertz CT molecular complexity index is 422. The molecule has 0 fully saturated rings. The van der Waals surface area contributed by atoms with Gasteiger partial charge in [-0.25, -0.2) is 4.79 Å². The molecule has 0 heterocycles. The smallest absolute Gasteiger partial charge is 0.335 e. The van der Waals surface area contributed by atoms with Crippen molar-refractivity contribution in [2.24, 2.45) is 0 Å². The second-order valence-corrected chi connectivity index (χ2v) is 11.4. The summed E-state index contributed by atoms with van der Waals surface area (Å²) in [5.74, 6) is -0.879. The molecule has 0 bridgehead atoms. The van der Waals surface area contributed by atoms with Crippen LogP contribution < -0.4 is 0 Å². The van der Waals surface area contributed by atoms with Crippen molar-refractivity contribution >= 4 is 14.3 Å². The summed E-state index contributed by atoms with van der Waals surface area (Å²) in [6, 6.07) is 8.30. The highest BCUT2D eigenvalue weighted by Gasteiger charge is 2.37. The van der Waals surface area contributed by atoms with E-state index in [0.717, 1.165) is 0 Å². The van der Waals surface area contributed by atoms with Crippen LogP contribution in [0.15, 0.2) is 30.3 Å². The molecular formula is C16H28O4Si. The average molecular weight is 312 g/mol. The summed E-state index contributed by atoms with van der Waals surface area (Å²) < 4.78 is 5.74. The van der Waals surface area contributed by atoms with E-state index in [-0.39, 0.29) is 11.1 Å². The number of carbonyl (C=O) groups is 1. The molecule has 2 N–H and O–H groups in total. The Morgan fingerprint density at radius 1 is 1.24 bits per heavy atom. The van der Waals surface area contributed by atoms with Crippen LogP contribution in [0.25, 0.3) is 0 Å². The molecule has 1 aromatic carbocycles. The minimum atomic E-state index is -1.63. The van der Waals surface area contributed by atoms with Crippen LogP contribution in [0.3, 0.4) is 0 Å². The van der Waals surface area contributed by atoms with E-state index in [2.05, 4.69) is 33.9 Å². The number of carboxylic acid groups (broad SMARTS) is 1. The van der Waals surface area contributed by atoms with Crippen molar-refractivity contribution in [3.8, 4) is 0 Å². The van der Waals surface area contributed by atoms with Crippen LogP contribution >= 0.6 is 0 Å². The number of hydrogen-bond donors (Lipinski definition) is 2. The first kappa shape index (κ1) is 19.8. The van der Waals surface area contributed by atoms with E-state index in [1.54, 1.807) is 37.3 Å². The standard InChI is InChI=1S/C9H22O2Si.C7H6O2/c1-8(10)7-11-12(5,6)9(2,3)4;8-7(9)6-4-2-1-3-5-6/h8,10H,7H2,1-6H3;1-5H,(H,8,9). The lowest BCUT2D eigenvalue weighted by molar-refractivity contribution is 0.0697. The van der Waals surface area contributed by atoms with Crippen molar-refractivity contribution in [2.75, 3.05) is 6.61 Å². The third-order valence-electron chi connectivity index (χ3n) is 3.51. The highest BCUT2D eigenvalue weighted by atomic mass is 28.4. The molecule has 0 spiro atoms. The molecule has 0 aromatic heterocycles. The molecule has 1 rings (SSSR count). The van der Waals surface area contributed by atoms with Crippen molar-refractivity contribution < 1.29 is 19.4 Å². The van der Waals surface area contributed by atoms with Gasteiger partial charge in [-0.15, -0.1) is 0 Å². The van der Waals surface area contributed by atoms with Gasteiger partial charge in [-0.05, 0) is 37.2 Å². The molecule has 5 heteroatoms. The van der Waals surface area contributed by atoms with Gasteiger partial charge < -0.3 is 14.6 Å². The lowest BCUT2D eigenvalue weighted by atomic mass is 10.2. The highest BCUT2D eigenvalue weighted by Crippen LogP contribution is 2.36. The van der Waals surface area contributed by atoms with Gasteiger partial charge in [0, 0.05) is 0 Å². The zero-order chi connectivity index (χ0) is 16.7. The minimum absolute atomic E-state index is 0.238. The van der Waals surface area contributed by atoms with Crippen LogP contribution in [0.5, 0.6) is 0 Å². The van der Waals surface area contributed by atoms with Gasteiger partial charge in [-0.2, -0.15) is 0 Å². The molecule has 1 unspecified atom stereocenters. The van der Waals surface area contributed by atoms with E-state index in [1.807, 2.05) is 0 Å². The molecule has 0 aliphatic heterocycles. The average Bonchev–Trinajstić information content (AvgIpc) is 2.37. The molecule has 0 radical (unpaired) electrons. The van der Waals surface area contributed by atoms with E-state index >= 15 is 0 Å². The fourth-order valence-corrected chi connectivity index (χ4v) is 2.22. The summed E-state index contributed by atoms with van der Waals surface area (Å²) in [4.78, 5) is 10.2. The molecule has 0 aliphatic rings. The largest absolute Gasteiger partial charge is 0.478 e. The van der Waals surface area contributed by atoms with Crippen LogP contribution in [0, 0.1) is 0 Å². The van der Waals surface area contributed by atoms with Gasteiger partial charge in [0.2, 0.25) is 0 Å². The first-order valence-corrected chi connectivity index (χ1v) is 9.98. The molecule has 120 valence electrons. The minimum Gasteiger partial charge on any atom is -0.478 e. The van der Waals surface area contributed by atoms with Gasteiger partial charge in [-0.1, -0.05) is 39.0 Å². The molecule has 1 atom stereocenters. The lowest BCUT2D eigenvalue weighted by Gasteiger charge is -2.36.